The van der Waals surface area contributed by atoms with Gasteiger partial charge in [-0.3, -0.25) is 4.79 Å². The number of hydrogen-bond donors (Lipinski definition) is 1. The number of nitrogens with one attached hydrogen (secondary N) is 1. The molecule has 0 fully saturated rings. The van der Waals surface area contributed by atoms with Crippen molar-refractivity contribution in [3.05, 3.63) is 59.7 Å². The second kappa shape index (κ2) is 8.27. The van der Waals surface area contributed by atoms with Crippen LogP contribution < -0.4 is 14.8 Å². The molecule has 1 unspecified atom stereocenters. The molecule has 4 aromatic rings. The van der Waals surface area contributed by atoms with Crippen LogP contribution in [0, 0.1) is 13.8 Å². The van der Waals surface area contributed by atoms with Gasteiger partial charge in [0.1, 0.15) is 24.2 Å². The van der Waals surface area contributed by atoms with Crippen molar-refractivity contribution in [2.75, 3.05) is 13.2 Å². The number of fused-ring (bicyclic) bond motifs is 2. The van der Waals surface area contributed by atoms with Crippen molar-refractivity contribution in [2.45, 2.75) is 39.8 Å². The summed E-state index contributed by atoms with van der Waals surface area (Å²) in [6, 6.07) is 11.4. The fraction of sp³-hybridized carbons (Fsp3) is 0.320. The summed E-state index contributed by atoms with van der Waals surface area (Å²) in [7, 11) is 0. The molecule has 33 heavy (non-hydrogen) atoms. The molecule has 1 aromatic carbocycles. The van der Waals surface area contributed by atoms with Crippen LogP contribution in [0.25, 0.3) is 22.3 Å². The summed E-state index contributed by atoms with van der Waals surface area (Å²) in [6.07, 6.45) is 1.42. The number of carbonyl (C=O) groups is 1. The summed E-state index contributed by atoms with van der Waals surface area (Å²) >= 11 is 0. The summed E-state index contributed by atoms with van der Waals surface area (Å²) in [5, 5.41) is 8.18. The average Bonchev–Trinajstić information content (AvgIpc) is 3.39. The number of hydrogen-bond acceptors (Lipinski definition) is 6. The fourth-order valence-electron chi connectivity index (χ4n) is 4.07. The van der Waals surface area contributed by atoms with Crippen LogP contribution >= 0.6 is 0 Å². The van der Waals surface area contributed by atoms with Crippen LogP contribution in [-0.4, -0.2) is 39.9 Å². The Morgan fingerprint density at radius 3 is 2.73 bits per heavy atom. The molecule has 1 aliphatic heterocycles. The lowest BCUT2D eigenvalue weighted by molar-refractivity contribution is 0.0790. The molecule has 0 bridgehead atoms. The third-order valence-electron chi connectivity index (χ3n) is 5.68. The molecule has 170 valence electrons. The number of ether oxygens (including phenoxy) is 2. The van der Waals surface area contributed by atoms with Gasteiger partial charge in [0.25, 0.3) is 5.91 Å². The molecule has 5 rings (SSSR count). The van der Waals surface area contributed by atoms with Crippen LogP contribution in [0.1, 0.15) is 41.8 Å². The minimum Gasteiger partial charge on any atom is -0.486 e. The largest absolute Gasteiger partial charge is 0.486 e. The van der Waals surface area contributed by atoms with Crippen molar-refractivity contribution >= 4 is 16.9 Å². The maximum atomic E-state index is 13.3. The van der Waals surface area contributed by atoms with E-state index in [4.69, 9.17) is 18.9 Å². The van der Waals surface area contributed by atoms with Crippen LogP contribution in [0.5, 0.6) is 11.5 Å². The molecule has 8 nitrogen and oxygen atoms in total. The van der Waals surface area contributed by atoms with Gasteiger partial charge in [-0.05, 0) is 52.0 Å². The van der Waals surface area contributed by atoms with Gasteiger partial charge in [0.2, 0.25) is 0 Å². The van der Waals surface area contributed by atoms with Gasteiger partial charge >= 0.3 is 0 Å². The van der Waals surface area contributed by atoms with Crippen molar-refractivity contribution in [3.63, 3.8) is 0 Å². The van der Waals surface area contributed by atoms with Gasteiger partial charge in [-0.1, -0.05) is 12.1 Å². The minimum atomic E-state index is -0.280. The molecule has 0 radical (unpaired) electrons. The quantitative estimate of drug-likeness (QED) is 0.487. The van der Waals surface area contributed by atoms with E-state index < -0.39 is 0 Å². The third-order valence-corrected chi connectivity index (χ3v) is 5.68. The maximum absolute atomic E-state index is 13.3. The lowest BCUT2D eigenvalue weighted by Gasteiger charge is -2.26. The Bertz CT molecular complexity index is 1340. The predicted molar refractivity (Wildman–Crippen MR) is 124 cm³/mol. The van der Waals surface area contributed by atoms with Crippen molar-refractivity contribution in [3.8, 4) is 22.8 Å². The van der Waals surface area contributed by atoms with E-state index in [-0.39, 0.29) is 18.1 Å². The van der Waals surface area contributed by atoms with Crippen LogP contribution in [-0.2, 0) is 0 Å². The molecule has 0 spiro atoms. The topological polar surface area (TPSA) is 91.4 Å². The van der Waals surface area contributed by atoms with Gasteiger partial charge in [0.05, 0.1) is 29.4 Å². The molecule has 1 N–H and O–H groups in total. The van der Waals surface area contributed by atoms with Crippen molar-refractivity contribution in [2.24, 2.45) is 0 Å². The first-order valence-corrected chi connectivity index (χ1v) is 11.0. The van der Waals surface area contributed by atoms with Gasteiger partial charge in [0, 0.05) is 11.6 Å². The highest BCUT2D eigenvalue weighted by molar-refractivity contribution is 6.06. The average molecular weight is 447 g/mol. The number of para-hydroxylation sites is 2. The molecule has 0 saturated heterocycles. The van der Waals surface area contributed by atoms with E-state index in [1.54, 1.807) is 12.3 Å². The number of pyridine rings is 1. The van der Waals surface area contributed by atoms with Crippen molar-refractivity contribution < 1.29 is 18.7 Å². The van der Waals surface area contributed by atoms with Crippen LogP contribution in [0.2, 0.25) is 0 Å². The Balaban J connectivity index is 1.45. The highest BCUT2D eigenvalue weighted by Crippen LogP contribution is 2.32. The van der Waals surface area contributed by atoms with Gasteiger partial charge in [-0.15, -0.1) is 0 Å². The van der Waals surface area contributed by atoms with E-state index in [0.29, 0.717) is 46.9 Å². The number of amides is 1. The summed E-state index contributed by atoms with van der Waals surface area (Å²) in [5.41, 5.74) is 2.71. The fourth-order valence-corrected chi connectivity index (χ4v) is 4.07. The minimum absolute atomic E-state index is 0.0983. The second-order valence-electron chi connectivity index (χ2n) is 8.51. The van der Waals surface area contributed by atoms with E-state index in [1.165, 1.54) is 0 Å². The molecule has 3 aromatic heterocycles. The maximum Gasteiger partial charge on any atom is 0.252 e. The smallest absolute Gasteiger partial charge is 0.252 e. The first kappa shape index (κ1) is 21.1. The molecular weight excluding hydrogens is 420 g/mol. The molecule has 1 amide bonds. The molecule has 1 aliphatic rings. The van der Waals surface area contributed by atoms with E-state index >= 15 is 0 Å². The first-order valence-electron chi connectivity index (χ1n) is 11.0. The zero-order valence-corrected chi connectivity index (χ0v) is 19.1. The SMILES string of the molecule is Cc1cc(-c2cc(C(=O)NCC3COc4ccccc4O3)c3cnn(C(C)C)c3n2)c(C)o1. The van der Waals surface area contributed by atoms with Crippen LogP contribution in [0.3, 0.4) is 0 Å². The third kappa shape index (κ3) is 3.92. The van der Waals surface area contributed by atoms with E-state index in [9.17, 15) is 4.79 Å². The molecule has 0 saturated carbocycles. The van der Waals surface area contributed by atoms with Crippen molar-refractivity contribution in [1.82, 2.24) is 20.1 Å². The normalized spacial score (nSPS) is 15.2. The molecule has 1 atom stereocenters. The van der Waals surface area contributed by atoms with Crippen LogP contribution in [0.15, 0.2) is 47.0 Å². The van der Waals surface area contributed by atoms with Crippen LogP contribution in [0.4, 0.5) is 0 Å². The summed E-state index contributed by atoms with van der Waals surface area (Å²) in [6.45, 7) is 8.54. The number of aryl methyl sites for hydroxylation is 2. The number of aromatic nitrogens is 3. The van der Waals surface area contributed by atoms with E-state index in [1.807, 2.05) is 62.7 Å². The van der Waals surface area contributed by atoms with E-state index in [2.05, 4.69) is 10.4 Å². The Morgan fingerprint density at radius 1 is 1.21 bits per heavy atom. The number of rotatable bonds is 5. The lowest BCUT2D eigenvalue weighted by atomic mass is 10.1. The molecular formula is C25H26N4O4. The number of furan rings is 1. The zero-order chi connectivity index (χ0) is 23.1. The Hall–Kier alpha value is -3.81. The van der Waals surface area contributed by atoms with Crippen molar-refractivity contribution in [1.29, 1.82) is 0 Å². The zero-order valence-electron chi connectivity index (χ0n) is 19.1. The van der Waals surface area contributed by atoms with E-state index in [0.717, 1.165) is 17.1 Å². The first-order chi connectivity index (χ1) is 15.9. The standard InChI is InChI=1S/C25H26N4O4/c1-14(2)29-24-20(12-27-29)19(10-21(28-24)18-9-15(3)32-16(18)4)25(30)26-11-17-13-31-22-7-5-6-8-23(22)33-17/h5-10,12,14,17H,11,13H2,1-4H3,(H,26,30). The summed E-state index contributed by atoms with van der Waals surface area (Å²) in [4.78, 5) is 18.1. The van der Waals surface area contributed by atoms with Gasteiger partial charge in [-0.2, -0.15) is 5.10 Å². The Morgan fingerprint density at radius 2 is 2.00 bits per heavy atom. The Kier molecular flexibility index (Phi) is 5.28. The number of carbonyl (C=O) groups excluding carboxylic acids is 1. The second-order valence-corrected chi connectivity index (χ2v) is 8.51. The lowest BCUT2D eigenvalue weighted by Crippen LogP contribution is -2.40. The predicted octanol–water partition coefficient (Wildman–Crippen LogP) is 4.46. The molecule has 0 aliphatic carbocycles. The van der Waals surface area contributed by atoms with Gasteiger partial charge in [-0.25, -0.2) is 9.67 Å². The number of nitrogens with zero attached hydrogens (tertiary/aromatic N) is 3. The van der Waals surface area contributed by atoms with Gasteiger partial charge in [0.15, 0.2) is 17.1 Å². The highest BCUT2D eigenvalue weighted by Gasteiger charge is 2.24. The number of benzene rings is 1. The summed E-state index contributed by atoms with van der Waals surface area (Å²) in [5.74, 6) is 2.73. The van der Waals surface area contributed by atoms with Gasteiger partial charge < -0.3 is 19.2 Å². The molecule has 8 heteroatoms. The summed E-state index contributed by atoms with van der Waals surface area (Å²) < 4.78 is 19.3. The highest BCUT2D eigenvalue weighted by atomic mass is 16.6. The Labute approximate surface area is 191 Å². The molecule has 4 heterocycles. The monoisotopic (exact) mass is 446 g/mol.